The summed E-state index contributed by atoms with van der Waals surface area (Å²) in [5.41, 5.74) is 1.00. The van der Waals surface area contributed by atoms with Crippen molar-refractivity contribution in [2.24, 2.45) is 5.92 Å². The molecule has 0 radical (unpaired) electrons. The van der Waals surface area contributed by atoms with Gasteiger partial charge in [0, 0.05) is 39.3 Å². The summed E-state index contributed by atoms with van der Waals surface area (Å²) >= 11 is 0. The van der Waals surface area contributed by atoms with Crippen molar-refractivity contribution in [2.75, 3.05) is 45.1 Å². The average Bonchev–Trinajstić information content (AvgIpc) is 3.15. The standard InChI is InChI=1S/C19H32N4O3S/c1-2-21-7-9-22(10-8-21)13-17-12-20-19(27(24,25)15-16-5-6-16)23(17)14-18-4-3-11-26-18/h12,16,18H,2-11,13-15H2,1H3/t18-/m1/s1. The minimum atomic E-state index is -3.33. The van der Waals surface area contributed by atoms with Crippen LogP contribution in [0, 0.1) is 5.92 Å². The lowest BCUT2D eigenvalue weighted by Gasteiger charge is -2.34. The number of rotatable bonds is 8. The molecule has 2 saturated heterocycles. The van der Waals surface area contributed by atoms with Crippen molar-refractivity contribution in [3.8, 4) is 0 Å². The van der Waals surface area contributed by atoms with Crippen LogP contribution in [0.4, 0.5) is 0 Å². The van der Waals surface area contributed by atoms with Gasteiger partial charge in [0.2, 0.25) is 15.0 Å². The lowest BCUT2D eigenvalue weighted by Crippen LogP contribution is -2.45. The van der Waals surface area contributed by atoms with Crippen molar-refractivity contribution < 1.29 is 13.2 Å². The first-order valence-corrected chi connectivity index (χ1v) is 12.0. The second kappa shape index (κ2) is 8.19. The van der Waals surface area contributed by atoms with E-state index in [0.717, 1.165) is 77.3 Å². The molecule has 2 aliphatic heterocycles. The van der Waals surface area contributed by atoms with Crippen molar-refractivity contribution in [1.29, 1.82) is 0 Å². The van der Waals surface area contributed by atoms with Gasteiger partial charge in [0.05, 0.1) is 30.3 Å². The Morgan fingerprint density at radius 1 is 1.15 bits per heavy atom. The van der Waals surface area contributed by atoms with Gasteiger partial charge in [-0.3, -0.25) is 4.90 Å². The Labute approximate surface area is 162 Å². The van der Waals surface area contributed by atoms with Crippen LogP contribution in [0.3, 0.4) is 0 Å². The molecule has 1 aromatic rings. The molecule has 0 N–H and O–H groups in total. The quantitative estimate of drug-likeness (QED) is 0.661. The Morgan fingerprint density at radius 3 is 2.52 bits per heavy atom. The van der Waals surface area contributed by atoms with E-state index in [9.17, 15) is 8.42 Å². The highest BCUT2D eigenvalue weighted by Gasteiger charge is 2.33. The van der Waals surface area contributed by atoms with Crippen LogP contribution in [0.2, 0.25) is 0 Å². The van der Waals surface area contributed by atoms with Crippen LogP contribution in [-0.2, 0) is 27.7 Å². The van der Waals surface area contributed by atoms with Gasteiger partial charge in [-0.1, -0.05) is 6.92 Å². The Kier molecular flexibility index (Phi) is 5.87. The van der Waals surface area contributed by atoms with Gasteiger partial charge in [0.25, 0.3) is 0 Å². The molecule has 27 heavy (non-hydrogen) atoms. The van der Waals surface area contributed by atoms with Crippen LogP contribution in [-0.4, -0.2) is 79.0 Å². The molecule has 1 saturated carbocycles. The lowest BCUT2D eigenvalue weighted by atomic mass is 10.2. The molecule has 8 heteroatoms. The van der Waals surface area contributed by atoms with Crippen LogP contribution in [0.25, 0.3) is 0 Å². The van der Waals surface area contributed by atoms with Crippen LogP contribution in [0.5, 0.6) is 0 Å². The van der Waals surface area contributed by atoms with Crippen molar-refractivity contribution in [1.82, 2.24) is 19.4 Å². The fourth-order valence-corrected chi connectivity index (χ4v) is 5.96. The van der Waals surface area contributed by atoms with Crippen molar-refractivity contribution >= 4 is 9.84 Å². The molecule has 3 fully saturated rings. The van der Waals surface area contributed by atoms with Gasteiger partial charge in [0.1, 0.15) is 0 Å². The monoisotopic (exact) mass is 396 g/mol. The third kappa shape index (κ3) is 4.72. The smallest absolute Gasteiger partial charge is 0.227 e. The average molecular weight is 397 g/mol. The van der Waals surface area contributed by atoms with Gasteiger partial charge in [-0.05, 0) is 38.1 Å². The van der Waals surface area contributed by atoms with Gasteiger partial charge < -0.3 is 14.2 Å². The molecule has 3 heterocycles. The molecule has 0 bridgehead atoms. The highest BCUT2D eigenvalue weighted by molar-refractivity contribution is 7.91. The van der Waals surface area contributed by atoms with Crippen LogP contribution in [0.1, 0.15) is 38.3 Å². The molecule has 0 amide bonds. The van der Waals surface area contributed by atoms with Gasteiger partial charge in [-0.25, -0.2) is 13.4 Å². The number of imidazole rings is 1. The molecule has 0 unspecified atom stereocenters. The fraction of sp³-hybridized carbons (Fsp3) is 0.842. The third-order valence-corrected chi connectivity index (χ3v) is 7.83. The maximum atomic E-state index is 12.9. The first-order chi connectivity index (χ1) is 13.0. The maximum Gasteiger partial charge on any atom is 0.227 e. The van der Waals surface area contributed by atoms with E-state index in [2.05, 4.69) is 21.7 Å². The summed E-state index contributed by atoms with van der Waals surface area (Å²) in [4.78, 5) is 9.25. The summed E-state index contributed by atoms with van der Waals surface area (Å²) in [6, 6.07) is 0. The second-order valence-electron chi connectivity index (χ2n) is 8.21. The van der Waals surface area contributed by atoms with E-state index in [4.69, 9.17) is 4.74 Å². The van der Waals surface area contributed by atoms with Crippen molar-refractivity contribution in [3.63, 3.8) is 0 Å². The van der Waals surface area contributed by atoms with Crippen LogP contribution < -0.4 is 0 Å². The zero-order valence-corrected chi connectivity index (χ0v) is 17.2. The first-order valence-electron chi connectivity index (χ1n) is 10.4. The number of piperazine rings is 1. The van der Waals surface area contributed by atoms with E-state index in [-0.39, 0.29) is 17.0 Å². The van der Waals surface area contributed by atoms with Crippen molar-refractivity contribution in [2.45, 2.75) is 57.0 Å². The topological polar surface area (TPSA) is 67.7 Å². The molecule has 0 spiro atoms. The second-order valence-corrected chi connectivity index (χ2v) is 10.1. The van der Waals surface area contributed by atoms with Crippen LogP contribution in [0.15, 0.2) is 11.4 Å². The summed E-state index contributed by atoms with van der Waals surface area (Å²) in [5.74, 6) is 0.567. The summed E-state index contributed by atoms with van der Waals surface area (Å²) in [7, 11) is -3.33. The fourth-order valence-electron chi connectivity index (χ4n) is 4.12. The van der Waals surface area contributed by atoms with E-state index in [0.29, 0.717) is 12.5 Å². The summed E-state index contributed by atoms with van der Waals surface area (Å²) < 4.78 is 33.6. The molecule has 1 aromatic heterocycles. The van der Waals surface area contributed by atoms with E-state index in [1.807, 2.05) is 4.57 Å². The van der Waals surface area contributed by atoms with E-state index in [1.165, 1.54) is 0 Å². The molecule has 3 aliphatic rings. The lowest BCUT2D eigenvalue weighted by molar-refractivity contribution is 0.0916. The highest BCUT2D eigenvalue weighted by atomic mass is 32.2. The number of ether oxygens (including phenoxy) is 1. The number of sulfone groups is 1. The minimum Gasteiger partial charge on any atom is -0.376 e. The first kappa shape index (κ1) is 19.4. The van der Waals surface area contributed by atoms with E-state index in [1.54, 1.807) is 6.20 Å². The number of hydrogen-bond acceptors (Lipinski definition) is 6. The Balaban J connectivity index is 1.53. The molecular formula is C19H32N4O3S. The predicted molar refractivity (Wildman–Crippen MR) is 103 cm³/mol. The summed E-state index contributed by atoms with van der Waals surface area (Å²) in [5, 5.41) is 0.257. The van der Waals surface area contributed by atoms with Gasteiger partial charge in [-0.2, -0.15) is 0 Å². The molecule has 1 aliphatic carbocycles. The molecule has 152 valence electrons. The number of hydrogen-bond donors (Lipinski definition) is 0. The largest absolute Gasteiger partial charge is 0.376 e. The van der Waals surface area contributed by atoms with Gasteiger partial charge in [0.15, 0.2) is 0 Å². The highest BCUT2D eigenvalue weighted by Crippen LogP contribution is 2.32. The summed E-state index contributed by atoms with van der Waals surface area (Å²) in [6.07, 6.45) is 5.98. The van der Waals surface area contributed by atoms with Gasteiger partial charge >= 0.3 is 0 Å². The van der Waals surface area contributed by atoms with Crippen LogP contribution >= 0.6 is 0 Å². The normalized spacial score (nSPS) is 25.3. The Bertz CT molecular complexity index is 730. The molecule has 1 atom stereocenters. The number of likely N-dealkylation sites (N-methyl/N-ethyl adjacent to an activating group) is 1. The van der Waals surface area contributed by atoms with Crippen molar-refractivity contribution in [3.05, 3.63) is 11.9 Å². The third-order valence-electron chi connectivity index (χ3n) is 6.04. The zero-order chi connectivity index (χ0) is 18.9. The van der Waals surface area contributed by atoms with E-state index >= 15 is 0 Å². The zero-order valence-electron chi connectivity index (χ0n) is 16.3. The maximum absolute atomic E-state index is 12.9. The Morgan fingerprint density at radius 2 is 1.89 bits per heavy atom. The molecule has 0 aromatic carbocycles. The molecule has 4 rings (SSSR count). The van der Waals surface area contributed by atoms with Gasteiger partial charge in [-0.15, -0.1) is 0 Å². The number of nitrogens with zero attached hydrogens (tertiary/aromatic N) is 4. The number of aromatic nitrogens is 2. The minimum absolute atomic E-state index is 0.102. The Hall–Kier alpha value is -0.960. The molecular weight excluding hydrogens is 364 g/mol. The predicted octanol–water partition coefficient (Wildman–Crippen LogP) is 1.38. The van der Waals surface area contributed by atoms with E-state index < -0.39 is 9.84 Å². The SMILES string of the molecule is CCN1CCN(Cc2cnc(S(=O)(=O)CC3CC3)n2C[C@H]2CCCO2)CC1. The summed E-state index contributed by atoms with van der Waals surface area (Å²) in [6.45, 7) is 9.61. The molecule has 7 nitrogen and oxygen atoms in total.